The van der Waals surface area contributed by atoms with Crippen LogP contribution in [0.25, 0.3) is 0 Å². The largest absolute Gasteiger partial charge is 0.481 e. The highest BCUT2D eigenvalue weighted by molar-refractivity contribution is 5.99. The maximum absolute atomic E-state index is 12.8. The molecule has 170 valence electrons. The number of carboxylic acids is 2. The predicted molar refractivity (Wildman–Crippen MR) is 110 cm³/mol. The van der Waals surface area contributed by atoms with E-state index in [4.69, 9.17) is 0 Å². The molecule has 0 spiro atoms. The van der Waals surface area contributed by atoms with Crippen LogP contribution in [0.1, 0.15) is 67.2 Å². The lowest BCUT2D eigenvalue weighted by Gasteiger charge is -2.49. The van der Waals surface area contributed by atoms with Crippen LogP contribution in [0.2, 0.25) is 0 Å². The third kappa shape index (κ3) is 4.62. The maximum atomic E-state index is 12.8. The predicted octanol–water partition coefficient (Wildman–Crippen LogP) is 2.27. The van der Waals surface area contributed by atoms with Crippen LogP contribution in [0.5, 0.6) is 0 Å². The van der Waals surface area contributed by atoms with Gasteiger partial charge in [-0.2, -0.15) is 0 Å². The van der Waals surface area contributed by atoms with Gasteiger partial charge < -0.3 is 20.8 Å². The van der Waals surface area contributed by atoms with Crippen LogP contribution in [-0.4, -0.2) is 45.5 Å². The number of carbonyl (C=O) groups excluding carboxylic acids is 2. The van der Waals surface area contributed by atoms with E-state index in [1.165, 1.54) is 0 Å². The molecule has 2 atom stereocenters. The number of carboxylic acid groups (broad SMARTS) is 2. The van der Waals surface area contributed by atoms with Gasteiger partial charge in [-0.15, -0.1) is 0 Å². The van der Waals surface area contributed by atoms with Gasteiger partial charge in [0.05, 0.1) is 23.7 Å². The van der Waals surface area contributed by atoms with Crippen molar-refractivity contribution in [3.05, 3.63) is 0 Å². The lowest BCUT2D eigenvalue weighted by atomic mass is 9.55. The number of aliphatic carboxylic acids is 2. The Hall–Kier alpha value is -2.12. The summed E-state index contributed by atoms with van der Waals surface area (Å²) in [6.07, 6.45) is 3.21. The van der Waals surface area contributed by atoms with Crippen molar-refractivity contribution in [2.75, 3.05) is 0 Å². The molecule has 2 saturated carbocycles. The van der Waals surface area contributed by atoms with Crippen molar-refractivity contribution in [3.63, 3.8) is 0 Å². The van der Waals surface area contributed by atoms with Crippen LogP contribution < -0.4 is 10.6 Å². The average molecular weight is 425 g/mol. The Morgan fingerprint density at radius 1 is 0.800 bits per heavy atom. The Kier molecular flexibility index (Phi) is 6.89. The van der Waals surface area contributed by atoms with Crippen molar-refractivity contribution in [2.24, 2.45) is 35.0 Å². The van der Waals surface area contributed by atoms with E-state index in [0.29, 0.717) is 12.3 Å². The Balaban J connectivity index is 2.11. The summed E-state index contributed by atoms with van der Waals surface area (Å²) in [5.41, 5.74) is -0.427. The minimum atomic E-state index is -1.35. The van der Waals surface area contributed by atoms with Gasteiger partial charge in [-0.25, -0.2) is 0 Å². The topological polar surface area (TPSA) is 133 Å². The number of carbonyl (C=O) groups is 4. The lowest BCUT2D eigenvalue weighted by Crippen LogP contribution is -2.66. The number of nitrogens with one attached hydrogen (secondary N) is 2. The monoisotopic (exact) mass is 424 g/mol. The van der Waals surface area contributed by atoms with Gasteiger partial charge in [-0.1, -0.05) is 34.1 Å². The van der Waals surface area contributed by atoms with E-state index >= 15 is 0 Å². The van der Waals surface area contributed by atoms with Gasteiger partial charge in [0.25, 0.3) is 0 Å². The van der Waals surface area contributed by atoms with Crippen LogP contribution in [-0.2, 0) is 19.2 Å². The molecule has 0 aliphatic heterocycles. The molecular formula is C22H36N2O6. The van der Waals surface area contributed by atoms with Gasteiger partial charge >= 0.3 is 11.9 Å². The van der Waals surface area contributed by atoms with Gasteiger partial charge in [0.1, 0.15) is 0 Å². The summed E-state index contributed by atoms with van der Waals surface area (Å²) in [7, 11) is 0. The van der Waals surface area contributed by atoms with E-state index in [-0.39, 0.29) is 11.5 Å². The van der Waals surface area contributed by atoms with Crippen LogP contribution in [0, 0.1) is 35.0 Å². The molecule has 8 nitrogen and oxygen atoms in total. The smallest absolute Gasteiger partial charge is 0.308 e. The highest BCUT2D eigenvalue weighted by Crippen LogP contribution is 2.48. The summed E-state index contributed by atoms with van der Waals surface area (Å²) >= 11 is 0. The number of amides is 2. The fourth-order valence-corrected chi connectivity index (χ4v) is 4.48. The summed E-state index contributed by atoms with van der Waals surface area (Å²) < 4.78 is 0. The molecule has 2 unspecified atom stereocenters. The molecule has 30 heavy (non-hydrogen) atoms. The fraction of sp³-hybridized carbons (Fsp3) is 0.818. The van der Waals surface area contributed by atoms with Gasteiger partial charge in [-0.3, -0.25) is 19.2 Å². The molecule has 2 rings (SSSR count). The zero-order valence-electron chi connectivity index (χ0n) is 18.8. The minimum Gasteiger partial charge on any atom is -0.481 e. The summed E-state index contributed by atoms with van der Waals surface area (Å²) in [6.45, 7) is 11.9. The summed E-state index contributed by atoms with van der Waals surface area (Å²) in [5.74, 6) is -8.58. The molecule has 2 aliphatic rings. The molecule has 0 radical (unpaired) electrons. The van der Waals surface area contributed by atoms with Crippen molar-refractivity contribution in [2.45, 2.75) is 78.8 Å². The van der Waals surface area contributed by atoms with Crippen molar-refractivity contribution in [3.8, 4) is 0 Å². The summed E-state index contributed by atoms with van der Waals surface area (Å²) in [4.78, 5) is 49.2. The van der Waals surface area contributed by atoms with Crippen LogP contribution in [0.3, 0.4) is 0 Å². The third-order valence-electron chi connectivity index (χ3n) is 7.57. The van der Waals surface area contributed by atoms with E-state index in [9.17, 15) is 29.4 Å². The maximum Gasteiger partial charge on any atom is 0.308 e. The summed E-state index contributed by atoms with van der Waals surface area (Å²) in [5, 5.41) is 24.9. The second-order valence-electron chi connectivity index (χ2n) is 10.2. The molecule has 4 N–H and O–H groups in total. The summed E-state index contributed by atoms with van der Waals surface area (Å²) in [6, 6.07) is -0.0795. The SMILES string of the molecule is CCC(C)(C)NC(=O)C1C(C(=O)O)C(C(=O)NC2CC(C(C)(C)CC)C2)C1C(=O)O. The van der Waals surface area contributed by atoms with E-state index in [1.807, 2.05) is 6.92 Å². The molecule has 0 saturated heterocycles. The van der Waals surface area contributed by atoms with Crippen LogP contribution in [0.15, 0.2) is 0 Å². The molecule has 0 bridgehead atoms. The van der Waals surface area contributed by atoms with Gasteiger partial charge in [0.2, 0.25) is 11.8 Å². The Labute approximate surface area is 178 Å². The standard InChI is InChI=1S/C22H36N2O6/c1-7-21(3,4)11-9-12(10-11)23-17(25)13-15(19(27)28)14(16(13)20(29)30)18(26)24-22(5,6)8-2/h11-16H,7-10H2,1-6H3,(H,23,25)(H,24,26)(H,27,28)(H,29,30). The molecule has 2 aliphatic carbocycles. The van der Waals surface area contributed by atoms with Crippen molar-refractivity contribution in [1.29, 1.82) is 0 Å². The van der Waals surface area contributed by atoms with Gasteiger partial charge in [0.15, 0.2) is 0 Å². The highest BCUT2D eigenvalue weighted by Gasteiger charge is 2.64. The number of hydrogen-bond donors (Lipinski definition) is 4. The normalized spacial score (nSPS) is 31.1. The Morgan fingerprint density at radius 2 is 1.27 bits per heavy atom. The zero-order valence-corrected chi connectivity index (χ0v) is 18.8. The molecule has 0 aromatic rings. The van der Waals surface area contributed by atoms with E-state index in [1.54, 1.807) is 13.8 Å². The van der Waals surface area contributed by atoms with Crippen molar-refractivity contribution in [1.82, 2.24) is 10.6 Å². The van der Waals surface area contributed by atoms with Gasteiger partial charge in [-0.05, 0) is 44.4 Å². The minimum absolute atomic E-state index is 0.0795. The molecule has 8 heteroatoms. The first-order chi connectivity index (χ1) is 13.8. The molecule has 2 fully saturated rings. The number of rotatable bonds is 9. The van der Waals surface area contributed by atoms with E-state index < -0.39 is 53.0 Å². The first-order valence-corrected chi connectivity index (χ1v) is 10.8. The van der Waals surface area contributed by atoms with E-state index in [2.05, 4.69) is 31.4 Å². The first kappa shape index (κ1) is 24.2. The van der Waals surface area contributed by atoms with Crippen molar-refractivity contribution < 1.29 is 29.4 Å². The quantitative estimate of drug-likeness (QED) is 0.449. The zero-order chi connectivity index (χ0) is 23.0. The van der Waals surface area contributed by atoms with Crippen LogP contribution >= 0.6 is 0 Å². The first-order valence-electron chi connectivity index (χ1n) is 10.8. The fourth-order valence-electron chi connectivity index (χ4n) is 4.48. The Bertz CT molecular complexity index is 688. The van der Waals surface area contributed by atoms with Gasteiger partial charge in [0, 0.05) is 11.6 Å². The molecular weight excluding hydrogens is 388 g/mol. The average Bonchev–Trinajstić information content (AvgIpc) is 2.55. The lowest BCUT2D eigenvalue weighted by molar-refractivity contribution is -0.182. The second kappa shape index (κ2) is 8.55. The van der Waals surface area contributed by atoms with Crippen molar-refractivity contribution >= 4 is 23.8 Å². The molecule has 0 heterocycles. The Morgan fingerprint density at radius 3 is 1.67 bits per heavy atom. The molecule has 0 aromatic carbocycles. The molecule has 2 amide bonds. The van der Waals surface area contributed by atoms with Crippen LogP contribution in [0.4, 0.5) is 0 Å². The number of hydrogen-bond acceptors (Lipinski definition) is 4. The molecule has 0 aromatic heterocycles. The third-order valence-corrected chi connectivity index (χ3v) is 7.57. The highest BCUT2D eigenvalue weighted by atomic mass is 16.4. The second-order valence-corrected chi connectivity index (χ2v) is 10.2. The van der Waals surface area contributed by atoms with E-state index in [0.717, 1.165) is 19.3 Å².